The van der Waals surface area contributed by atoms with Crippen molar-refractivity contribution in [2.24, 2.45) is 11.1 Å². The van der Waals surface area contributed by atoms with Crippen molar-refractivity contribution in [3.8, 4) is 0 Å². The van der Waals surface area contributed by atoms with Crippen molar-refractivity contribution >= 4 is 6.09 Å². The summed E-state index contributed by atoms with van der Waals surface area (Å²) in [7, 11) is 0. The molecule has 2 fully saturated rings. The van der Waals surface area contributed by atoms with Crippen molar-refractivity contribution in [2.45, 2.75) is 45.3 Å². The molecule has 2 N–H and O–H groups in total. The van der Waals surface area contributed by atoms with Gasteiger partial charge in [0.15, 0.2) is 0 Å². The summed E-state index contributed by atoms with van der Waals surface area (Å²) in [6, 6.07) is 0.288. The van der Waals surface area contributed by atoms with Gasteiger partial charge in [0, 0.05) is 24.5 Å². The lowest BCUT2D eigenvalue weighted by Gasteiger charge is -2.59. The molecule has 1 spiro atoms. The number of ether oxygens (including phenoxy) is 1. The molecule has 1 atom stereocenters. The molecule has 2 aliphatic rings. The van der Waals surface area contributed by atoms with Gasteiger partial charge < -0.3 is 15.4 Å². The van der Waals surface area contributed by atoms with Crippen molar-refractivity contribution < 1.29 is 9.53 Å². The fourth-order valence-corrected chi connectivity index (χ4v) is 2.28. The third kappa shape index (κ3) is 1.83. The smallest absolute Gasteiger partial charge is 0.410 e. The Bertz CT molecular complexity index is 277. The first-order valence-electron chi connectivity index (χ1n) is 5.56. The SMILES string of the molecule is CC(C)(C)OC(=O)N1CC2(CC[C@@H]2N)C1. The van der Waals surface area contributed by atoms with Crippen LogP contribution in [0.25, 0.3) is 0 Å². The second-order valence-electron chi connectivity index (χ2n) is 5.84. The van der Waals surface area contributed by atoms with E-state index in [4.69, 9.17) is 10.5 Å². The molecule has 4 nitrogen and oxygen atoms in total. The molecule has 1 saturated heterocycles. The summed E-state index contributed by atoms with van der Waals surface area (Å²) in [6.45, 7) is 7.22. The lowest BCUT2D eigenvalue weighted by atomic mass is 9.60. The van der Waals surface area contributed by atoms with Gasteiger partial charge in [0.25, 0.3) is 0 Å². The van der Waals surface area contributed by atoms with Crippen LogP contribution in [0, 0.1) is 5.41 Å². The molecule has 15 heavy (non-hydrogen) atoms. The molecule has 0 unspecified atom stereocenters. The van der Waals surface area contributed by atoms with Crippen molar-refractivity contribution in [2.75, 3.05) is 13.1 Å². The number of nitrogens with zero attached hydrogens (tertiary/aromatic N) is 1. The highest BCUT2D eigenvalue weighted by molar-refractivity contribution is 5.69. The Morgan fingerprint density at radius 3 is 2.40 bits per heavy atom. The average Bonchev–Trinajstić information content (AvgIpc) is 1.95. The van der Waals surface area contributed by atoms with E-state index in [1.54, 1.807) is 4.90 Å². The molecule has 0 bridgehead atoms. The summed E-state index contributed by atoms with van der Waals surface area (Å²) in [5.41, 5.74) is 5.76. The van der Waals surface area contributed by atoms with Gasteiger partial charge in [-0.1, -0.05) is 0 Å². The predicted octanol–water partition coefficient (Wildman–Crippen LogP) is 1.34. The molecule has 2 rings (SSSR count). The zero-order valence-electron chi connectivity index (χ0n) is 9.75. The highest BCUT2D eigenvalue weighted by Gasteiger charge is 2.55. The summed E-state index contributed by atoms with van der Waals surface area (Å²) in [5.74, 6) is 0. The zero-order valence-corrected chi connectivity index (χ0v) is 9.75. The maximum atomic E-state index is 11.6. The minimum Gasteiger partial charge on any atom is -0.444 e. The molecule has 4 heteroatoms. The van der Waals surface area contributed by atoms with E-state index in [1.807, 2.05) is 20.8 Å². The van der Waals surface area contributed by atoms with Crippen LogP contribution in [0.2, 0.25) is 0 Å². The molecule has 1 amide bonds. The summed E-state index contributed by atoms with van der Waals surface area (Å²) < 4.78 is 5.28. The number of nitrogens with two attached hydrogens (primary N) is 1. The number of rotatable bonds is 0. The number of hydrogen-bond acceptors (Lipinski definition) is 3. The fraction of sp³-hybridized carbons (Fsp3) is 0.909. The van der Waals surface area contributed by atoms with Gasteiger partial charge in [-0.05, 0) is 33.6 Å². The fourth-order valence-electron chi connectivity index (χ4n) is 2.28. The standard InChI is InChI=1S/C11H20N2O2/c1-10(2,3)15-9(14)13-6-11(7-13)5-4-8(11)12/h8H,4-7,12H2,1-3H3/t8-/m0/s1. The quantitative estimate of drug-likeness (QED) is 0.659. The molecular weight excluding hydrogens is 192 g/mol. The van der Waals surface area contributed by atoms with E-state index in [0.29, 0.717) is 0 Å². The van der Waals surface area contributed by atoms with Crippen LogP contribution in [0.1, 0.15) is 33.6 Å². The second kappa shape index (κ2) is 3.11. The van der Waals surface area contributed by atoms with Crippen LogP contribution >= 0.6 is 0 Å². The van der Waals surface area contributed by atoms with Crippen molar-refractivity contribution in [1.29, 1.82) is 0 Å². The Morgan fingerprint density at radius 1 is 1.47 bits per heavy atom. The Labute approximate surface area is 90.8 Å². The minimum atomic E-state index is -0.401. The monoisotopic (exact) mass is 212 g/mol. The van der Waals surface area contributed by atoms with E-state index in [1.165, 1.54) is 0 Å². The topological polar surface area (TPSA) is 55.6 Å². The van der Waals surface area contributed by atoms with E-state index in [9.17, 15) is 4.79 Å². The average molecular weight is 212 g/mol. The van der Waals surface area contributed by atoms with Gasteiger partial charge in [-0.2, -0.15) is 0 Å². The lowest BCUT2D eigenvalue weighted by molar-refractivity contribution is -0.0819. The molecule has 1 saturated carbocycles. The lowest BCUT2D eigenvalue weighted by Crippen LogP contribution is -2.70. The molecular formula is C11H20N2O2. The van der Waals surface area contributed by atoms with Crippen LogP contribution in [0.3, 0.4) is 0 Å². The van der Waals surface area contributed by atoms with Crippen LogP contribution in [-0.2, 0) is 4.74 Å². The van der Waals surface area contributed by atoms with Crippen LogP contribution in [0.5, 0.6) is 0 Å². The van der Waals surface area contributed by atoms with E-state index < -0.39 is 5.60 Å². The Hall–Kier alpha value is -0.770. The minimum absolute atomic E-state index is 0.202. The Kier molecular flexibility index (Phi) is 2.23. The number of carbonyl (C=O) groups excluding carboxylic acids is 1. The Morgan fingerprint density at radius 2 is 2.07 bits per heavy atom. The molecule has 0 radical (unpaired) electrons. The van der Waals surface area contributed by atoms with Gasteiger partial charge in [-0.25, -0.2) is 4.79 Å². The highest BCUT2D eigenvalue weighted by atomic mass is 16.6. The zero-order chi connectivity index (χ0) is 11.3. The largest absolute Gasteiger partial charge is 0.444 e. The van der Waals surface area contributed by atoms with Crippen LogP contribution in [-0.4, -0.2) is 35.7 Å². The molecule has 1 heterocycles. The summed E-state index contributed by atoms with van der Waals surface area (Å²) in [5, 5.41) is 0. The van der Waals surface area contributed by atoms with E-state index >= 15 is 0 Å². The third-order valence-corrected chi connectivity index (χ3v) is 3.40. The molecule has 1 aliphatic carbocycles. The Balaban J connectivity index is 1.82. The van der Waals surface area contributed by atoms with Gasteiger partial charge in [-0.15, -0.1) is 0 Å². The number of likely N-dealkylation sites (tertiary alicyclic amines) is 1. The van der Waals surface area contributed by atoms with Crippen LogP contribution in [0.15, 0.2) is 0 Å². The van der Waals surface area contributed by atoms with E-state index in [0.717, 1.165) is 25.9 Å². The molecule has 86 valence electrons. The number of hydrogen-bond donors (Lipinski definition) is 1. The predicted molar refractivity (Wildman–Crippen MR) is 57.4 cm³/mol. The summed E-state index contributed by atoms with van der Waals surface area (Å²) in [6.07, 6.45) is 2.06. The second-order valence-corrected chi connectivity index (χ2v) is 5.84. The van der Waals surface area contributed by atoms with Gasteiger partial charge in [0.05, 0.1) is 0 Å². The first-order chi connectivity index (χ1) is 6.82. The first-order valence-corrected chi connectivity index (χ1v) is 5.56. The highest BCUT2D eigenvalue weighted by Crippen LogP contribution is 2.47. The van der Waals surface area contributed by atoms with Crippen molar-refractivity contribution in [3.05, 3.63) is 0 Å². The third-order valence-electron chi connectivity index (χ3n) is 3.40. The van der Waals surface area contributed by atoms with Gasteiger partial charge in [0.1, 0.15) is 5.60 Å². The van der Waals surface area contributed by atoms with E-state index in [2.05, 4.69) is 0 Å². The van der Waals surface area contributed by atoms with E-state index in [-0.39, 0.29) is 17.6 Å². The first kappa shape index (κ1) is 10.7. The van der Waals surface area contributed by atoms with Gasteiger partial charge >= 0.3 is 6.09 Å². The van der Waals surface area contributed by atoms with Crippen molar-refractivity contribution in [1.82, 2.24) is 4.90 Å². The van der Waals surface area contributed by atoms with Gasteiger partial charge in [-0.3, -0.25) is 0 Å². The molecule has 0 aromatic heterocycles. The molecule has 0 aromatic carbocycles. The number of amides is 1. The van der Waals surface area contributed by atoms with Crippen LogP contribution < -0.4 is 5.73 Å². The van der Waals surface area contributed by atoms with Gasteiger partial charge in [0.2, 0.25) is 0 Å². The van der Waals surface area contributed by atoms with Crippen LogP contribution in [0.4, 0.5) is 4.79 Å². The maximum absolute atomic E-state index is 11.6. The van der Waals surface area contributed by atoms with Crippen molar-refractivity contribution in [3.63, 3.8) is 0 Å². The summed E-state index contributed by atoms with van der Waals surface area (Å²) >= 11 is 0. The normalized spacial score (nSPS) is 28.3. The molecule has 0 aromatic rings. The molecule has 1 aliphatic heterocycles. The maximum Gasteiger partial charge on any atom is 0.410 e. The number of carbonyl (C=O) groups is 1. The summed E-state index contributed by atoms with van der Waals surface area (Å²) in [4.78, 5) is 13.4.